The molecule has 0 aromatic carbocycles. The van der Waals surface area contributed by atoms with Crippen LogP contribution in [0, 0.1) is 0 Å². The van der Waals surface area contributed by atoms with Crippen LogP contribution in [-0.4, -0.2) is 40.6 Å². The Morgan fingerprint density at radius 3 is 2.83 bits per heavy atom. The summed E-state index contributed by atoms with van der Waals surface area (Å²) >= 11 is 0. The minimum absolute atomic E-state index is 0.0690. The highest BCUT2D eigenvalue weighted by molar-refractivity contribution is 7.44. The number of nitrogens with zero attached hydrogens (tertiary/aromatic N) is 1. The van der Waals surface area contributed by atoms with Crippen molar-refractivity contribution in [2.24, 2.45) is 5.73 Å². The SMILES string of the molecule is NC(=O)c1ccc[n+]([C@@H]2O[C@H](COP(=O)([O-])O)[C@@H](O)C2(F)F)c1. The summed E-state index contributed by atoms with van der Waals surface area (Å²) in [6, 6.07) is 2.57. The lowest BCUT2D eigenvalue weighted by molar-refractivity contribution is -0.775. The molecule has 1 aromatic rings. The second kappa shape index (κ2) is 6.19. The van der Waals surface area contributed by atoms with Crippen molar-refractivity contribution in [1.82, 2.24) is 0 Å². The van der Waals surface area contributed by atoms with E-state index in [1.807, 2.05) is 0 Å². The fraction of sp³-hybridized carbons (Fsp3) is 0.455. The van der Waals surface area contributed by atoms with Crippen LogP contribution in [0.25, 0.3) is 0 Å². The first kappa shape index (κ1) is 17.9. The van der Waals surface area contributed by atoms with Crippen molar-refractivity contribution >= 4 is 13.7 Å². The van der Waals surface area contributed by atoms with Gasteiger partial charge in [-0.25, -0.2) is 0 Å². The average molecular weight is 354 g/mol. The summed E-state index contributed by atoms with van der Waals surface area (Å²) in [7, 11) is -5.15. The molecule has 23 heavy (non-hydrogen) atoms. The number of amides is 1. The van der Waals surface area contributed by atoms with E-state index in [1.165, 1.54) is 12.1 Å². The van der Waals surface area contributed by atoms with Gasteiger partial charge in [0.05, 0.1) is 6.61 Å². The van der Waals surface area contributed by atoms with Gasteiger partial charge in [-0.15, -0.1) is 0 Å². The Morgan fingerprint density at radius 2 is 2.26 bits per heavy atom. The van der Waals surface area contributed by atoms with Crippen molar-refractivity contribution in [1.29, 1.82) is 0 Å². The molecular formula is C11H13F2N2O7P. The van der Waals surface area contributed by atoms with Crippen LogP contribution in [0.5, 0.6) is 0 Å². The fourth-order valence-corrected chi connectivity index (χ4v) is 2.41. The number of rotatable bonds is 5. The highest BCUT2D eigenvalue weighted by Crippen LogP contribution is 2.41. The second-order valence-corrected chi connectivity index (χ2v) is 6.01. The van der Waals surface area contributed by atoms with Crippen molar-refractivity contribution in [3.8, 4) is 0 Å². The van der Waals surface area contributed by atoms with E-state index in [9.17, 15) is 28.1 Å². The van der Waals surface area contributed by atoms with E-state index >= 15 is 0 Å². The Bertz CT molecular complexity index is 653. The molecule has 0 bridgehead atoms. The van der Waals surface area contributed by atoms with Crippen LogP contribution in [0.2, 0.25) is 0 Å². The number of carbonyl (C=O) groups is 1. The van der Waals surface area contributed by atoms with Gasteiger partial charge in [0.25, 0.3) is 13.7 Å². The number of aliphatic hydroxyl groups is 1. The number of alkyl halides is 2. The molecule has 1 amide bonds. The van der Waals surface area contributed by atoms with Gasteiger partial charge in [0.2, 0.25) is 0 Å². The molecule has 1 saturated heterocycles. The van der Waals surface area contributed by atoms with Gasteiger partial charge >= 0.3 is 12.2 Å². The Balaban J connectivity index is 2.24. The number of phosphoric acid groups is 1. The van der Waals surface area contributed by atoms with Crippen LogP contribution in [0.4, 0.5) is 8.78 Å². The molecule has 0 spiro atoms. The first-order valence-corrected chi connectivity index (χ1v) is 7.72. The van der Waals surface area contributed by atoms with E-state index in [1.54, 1.807) is 0 Å². The summed E-state index contributed by atoms with van der Waals surface area (Å²) < 4.78 is 48.4. The Labute approximate surface area is 128 Å². The zero-order valence-electron chi connectivity index (χ0n) is 11.4. The number of phosphoric ester groups is 1. The summed E-state index contributed by atoms with van der Waals surface area (Å²) in [5.74, 6) is -4.66. The number of primary amides is 1. The lowest BCUT2D eigenvalue weighted by Crippen LogP contribution is -2.50. The third-order valence-corrected chi connectivity index (χ3v) is 3.63. The highest BCUT2D eigenvalue weighted by Gasteiger charge is 2.64. The van der Waals surface area contributed by atoms with Crippen molar-refractivity contribution in [3.63, 3.8) is 0 Å². The molecule has 12 heteroatoms. The zero-order valence-corrected chi connectivity index (χ0v) is 12.3. The molecule has 4 N–H and O–H groups in total. The Morgan fingerprint density at radius 1 is 1.61 bits per heavy atom. The summed E-state index contributed by atoms with van der Waals surface area (Å²) in [5.41, 5.74) is 4.99. The normalized spacial score (nSPS) is 29.2. The van der Waals surface area contributed by atoms with E-state index in [4.69, 9.17) is 15.4 Å². The molecule has 0 aliphatic carbocycles. The highest BCUT2D eigenvalue weighted by atomic mass is 31.2. The molecule has 128 valence electrons. The molecule has 4 atom stereocenters. The summed E-state index contributed by atoms with van der Waals surface area (Å²) in [4.78, 5) is 30.1. The molecule has 1 unspecified atom stereocenters. The van der Waals surface area contributed by atoms with Gasteiger partial charge in [-0.2, -0.15) is 13.3 Å². The van der Waals surface area contributed by atoms with Gasteiger partial charge in [0, 0.05) is 6.07 Å². The van der Waals surface area contributed by atoms with Gasteiger partial charge in [-0.3, -0.25) is 9.36 Å². The van der Waals surface area contributed by atoms with Crippen molar-refractivity contribution < 1.29 is 46.9 Å². The predicted octanol–water partition coefficient (Wildman–Crippen LogP) is -1.56. The van der Waals surface area contributed by atoms with Crippen molar-refractivity contribution in [3.05, 3.63) is 30.1 Å². The average Bonchev–Trinajstić information content (AvgIpc) is 2.67. The number of ether oxygens (including phenoxy) is 1. The lowest BCUT2D eigenvalue weighted by atomic mass is 10.1. The minimum Gasteiger partial charge on any atom is -0.756 e. The van der Waals surface area contributed by atoms with Gasteiger partial charge in [-0.1, -0.05) is 0 Å². The molecule has 2 heterocycles. The predicted molar refractivity (Wildman–Crippen MR) is 65.8 cm³/mol. The zero-order chi connectivity index (χ0) is 17.4. The Kier molecular flexibility index (Phi) is 4.81. The lowest BCUT2D eigenvalue weighted by Gasteiger charge is -2.19. The van der Waals surface area contributed by atoms with Gasteiger partial charge in [0.1, 0.15) is 11.7 Å². The molecule has 1 aromatic heterocycles. The van der Waals surface area contributed by atoms with E-state index in [0.29, 0.717) is 0 Å². The number of aromatic nitrogens is 1. The summed E-state index contributed by atoms with van der Waals surface area (Å²) in [6.07, 6.45) is -3.96. The number of hydrogen-bond acceptors (Lipinski definition) is 6. The number of pyridine rings is 1. The maximum atomic E-state index is 14.1. The van der Waals surface area contributed by atoms with E-state index in [0.717, 1.165) is 17.0 Å². The number of aliphatic hydroxyl groups excluding tert-OH is 1. The second-order valence-electron chi connectivity index (χ2n) is 4.81. The van der Waals surface area contributed by atoms with Gasteiger partial charge in [-0.05, 0) is 6.07 Å². The molecule has 1 aliphatic rings. The van der Waals surface area contributed by atoms with Crippen LogP contribution in [0.3, 0.4) is 0 Å². The van der Waals surface area contributed by atoms with Gasteiger partial charge in [0.15, 0.2) is 18.5 Å². The number of halogens is 2. The summed E-state index contributed by atoms with van der Waals surface area (Å²) in [5, 5.41) is 9.59. The largest absolute Gasteiger partial charge is 0.756 e. The van der Waals surface area contributed by atoms with E-state index in [2.05, 4.69) is 4.52 Å². The standard InChI is InChI=1S/C11H13F2N2O7P/c12-11(13)8(16)7(5-21-23(18,19)20)22-10(11)15-3-1-2-6(4-15)9(14)17/h1-4,7-8,10,16H,5H2,(H3-,14,17,18,19,20)/t7-,8-,10-/m1/s1. The van der Waals surface area contributed by atoms with Crippen LogP contribution in [0.1, 0.15) is 16.6 Å². The number of carbonyl (C=O) groups excluding carboxylic acids is 1. The molecule has 2 rings (SSSR count). The first-order valence-electron chi connectivity index (χ1n) is 6.22. The minimum atomic E-state index is -5.15. The molecule has 9 nitrogen and oxygen atoms in total. The molecule has 0 saturated carbocycles. The van der Waals surface area contributed by atoms with Crippen molar-refractivity contribution in [2.75, 3.05) is 6.61 Å². The van der Waals surface area contributed by atoms with Crippen LogP contribution >= 0.6 is 7.82 Å². The number of nitrogens with two attached hydrogens (primary N) is 1. The maximum absolute atomic E-state index is 14.1. The number of hydrogen-bond donors (Lipinski definition) is 3. The van der Waals surface area contributed by atoms with Gasteiger partial charge < -0.3 is 29.9 Å². The third-order valence-electron chi connectivity index (χ3n) is 3.16. The maximum Gasteiger partial charge on any atom is 0.362 e. The first-order chi connectivity index (χ1) is 10.5. The van der Waals surface area contributed by atoms with E-state index in [-0.39, 0.29) is 5.56 Å². The topological polar surface area (TPSA) is 146 Å². The van der Waals surface area contributed by atoms with Crippen LogP contribution in [0.15, 0.2) is 24.5 Å². The fourth-order valence-electron chi connectivity index (χ4n) is 2.08. The molecule has 1 fully saturated rings. The molecule has 0 radical (unpaired) electrons. The van der Waals surface area contributed by atoms with Crippen LogP contribution < -0.4 is 15.2 Å². The quantitative estimate of drug-likeness (QED) is 0.428. The smallest absolute Gasteiger partial charge is 0.362 e. The molecule has 1 aliphatic heterocycles. The summed E-state index contributed by atoms with van der Waals surface area (Å²) in [6.45, 7) is -0.999. The van der Waals surface area contributed by atoms with Crippen LogP contribution in [-0.2, 0) is 13.8 Å². The third kappa shape index (κ3) is 3.89. The molecular weight excluding hydrogens is 341 g/mol. The monoisotopic (exact) mass is 354 g/mol. The van der Waals surface area contributed by atoms with Crippen molar-refractivity contribution in [2.45, 2.75) is 24.4 Å². The Hall–Kier alpha value is -1.49. The van der Waals surface area contributed by atoms with E-state index < -0.39 is 44.7 Å².